The summed E-state index contributed by atoms with van der Waals surface area (Å²) in [5.41, 5.74) is 3.27. The number of carbonyl (C=O) groups excluding carboxylic acids is 2. The van der Waals surface area contributed by atoms with Gasteiger partial charge in [-0.05, 0) is 60.0 Å². The van der Waals surface area contributed by atoms with Crippen molar-refractivity contribution in [3.63, 3.8) is 0 Å². The van der Waals surface area contributed by atoms with Gasteiger partial charge in [-0.2, -0.15) is 0 Å². The van der Waals surface area contributed by atoms with Crippen LogP contribution in [0.3, 0.4) is 0 Å². The van der Waals surface area contributed by atoms with E-state index in [4.69, 9.17) is 11.6 Å². The maximum absolute atomic E-state index is 12.8. The highest BCUT2D eigenvalue weighted by atomic mass is 35.5. The molecule has 3 aromatic rings. The number of thioether (sulfide) groups is 1. The SMILES string of the molecule is C[C@H](NC(=O)c1ccc([C@H]2SCC(=O)N2Cc2ccc(Cl)cc2)cc1)c1ccc(S(C)(=O)=O)cc1. The minimum Gasteiger partial charge on any atom is -0.346 e. The zero-order chi connectivity index (χ0) is 25.2. The molecule has 0 bridgehead atoms. The minimum atomic E-state index is -3.27. The van der Waals surface area contributed by atoms with E-state index in [2.05, 4.69) is 5.32 Å². The van der Waals surface area contributed by atoms with E-state index >= 15 is 0 Å². The third-order valence-electron chi connectivity index (χ3n) is 5.85. The monoisotopic (exact) mass is 528 g/mol. The van der Waals surface area contributed by atoms with Crippen LogP contribution in [0.1, 0.15) is 45.4 Å². The summed E-state index contributed by atoms with van der Waals surface area (Å²) in [6.07, 6.45) is 1.16. The summed E-state index contributed by atoms with van der Waals surface area (Å²) in [7, 11) is -3.27. The maximum Gasteiger partial charge on any atom is 0.251 e. The van der Waals surface area contributed by atoms with Crippen LogP contribution in [0.5, 0.6) is 0 Å². The smallest absolute Gasteiger partial charge is 0.251 e. The number of sulfone groups is 1. The van der Waals surface area contributed by atoms with Crippen molar-refractivity contribution in [2.45, 2.75) is 29.8 Å². The summed E-state index contributed by atoms with van der Waals surface area (Å²) in [5.74, 6) is 0.257. The topological polar surface area (TPSA) is 83.6 Å². The second-order valence-corrected chi connectivity index (χ2v) is 12.0. The van der Waals surface area contributed by atoms with Gasteiger partial charge in [0.25, 0.3) is 5.91 Å². The molecule has 35 heavy (non-hydrogen) atoms. The summed E-state index contributed by atoms with van der Waals surface area (Å²) in [6, 6.07) is 20.9. The van der Waals surface area contributed by atoms with Crippen molar-refractivity contribution in [2.24, 2.45) is 0 Å². The second-order valence-electron chi connectivity index (χ2n) is 8.47. The lowest BCUT2D eigenvalue weighted by atomic mass is 10.1. The molecular formula is C26H25ClN2O4S2. The number of amides is 2. The molecule has 0 radical (unpaired) electrons. The predicted molar refractivity (Wildman–Crippen MR) is 139 cm³/mol. The van der Waals surface area contributed by atoms with E-state index < -0.39 is 9.84 Å². The van der Waals surface area contributed by atoms with Gasteiger partial charge in [0.15, 0.2) is 9.84 Å². The lowest BCUT2D eigenvalue weighted by Gasteiger charge is -2.24. The third-order valence-corrected chi connectivity index (χ3v) is 8.48. The van der Waals surface area contributed by atoms with Crippen molar-refractivity contribution in [3.8, 4) is 0 Å². The average Bonchev–Trinajstić information content (AvgIpc) is 3.20. The molecule has 1 saturated heterocycles. The largest absolute Gasteiger partial charge is 0.346 e. The van der Waals surface area contributed by atoms with Crippen LogP contribution in [0.4, 0.5) is 0 Å². The van der Waals surface area contributed by atoms with E-state index in [9.17, 15) is 18.0 Å². The summed E-state index contributed by atoms with van der Waals surface area (Å²) in [5, 5.41) is 3.48. The van der Waals surface area contributed by atoms with Crippen LogP contribution in [-0.4, -0.2) is 37.1 Å². The van der Waals surface area contributed by atoms with Gasteiger partial charge in [0.2, 0.25) is 5.91 Å². The van der Waals surface area contributed by atoms with Crippen molar-refractivity contribution >= 4 is 45.0 Å². The molecule has 0 saturated carbocycles. The minimum absolute atomic E-state index is 0.0764. The Hall–Kier alpha value is -2.81. The van der Waals surface area contributed by atoms with Crippen molar-refractivity contribution in [3.05, 3.63) is 100 Å². The number of hydrogen-bond donors (Lipinski definition) is 1. The van der Waals surface area contributed by atoms with Crippen molar-refractivity contribution in [1.29, 1.82) is 0 Å². The molecule has 4 rings (SSSR count). The molecule has 1 fully saturated rings. The highest BCUT2D eigenvalue weighted by Gasteiger charge is 2.32. The molecule has 1 N–H and O–H groups in total. The first-order valence-corrected chi connectivity index (χ1v) is 14.3. The van der Waals surface area contributed by atoms with E-state index in [-0.39, 0.29) is 28.1 Å². The number of rotatable bonds is 7. The molecule has 1 heterocycles. The predicted octanol–water partition coefficient (Wildman–Crippen LogP) is 5.01. The number of nitrogens with zero attached hydrogens (tertiary/aromatic N) is 1. The van der Waals surface area contributed by atoms with Crippen molar-refractivity contribution in [1.82, 2.24) is 10.2 Å². The molecule has 6 nitrogen and oxygen atoms in total. The molecule has 0 aromatic heterocycles. The summed E-state index contributed by atoms with van der Waals surface area (Å²) in [6.45, 7) is 2.34. The van der Waals surface area contributed by atoms with Crippen molar-refractivity contribution in [2.75, 3.05) is 12.0 Å². The Morgan fingerprint density at radius 1 is 1.06 bits per heavy atom. The van der Waals surface area contributed by atoms with Gasteiger partial charge in [0, 0.05) is 23.4 Å². The van der Waals surface area contributed by atoms with Gasteiger partial charge in [0.05, 0.1) is 16.7 Å². The van der Waals surface area contributed by atoms with E-state index in [1.165, 1.54) is 0 Å². The fourth-order valence-electron chi connectivity index (χ4n) is 3.85. The van der Waals surface area contributed by atoms with Crippen LogP contribution < -0.4 is 5.32 Å². The molecule has 2 atom stereocenters. The molecule has 9 heteroatoms. The number of carbonyl (C=O) groups is 2. The molecule has 0 spiro atoms. The summed E-state index contributed by atoms with van der Waals surface area (Å²) in [4.78, 5) is 27.4. The highest BCUT2D eigenvalue weighted by Crippen LogP contribution is 2.39. The molecule has 1 aliphatic heterocycles. The first-order valence-electron chi connectivity index (χ1n) is 11.0. The van der Waals surface area contributed by atoms with Crippen LogP contribution >= 0.6 is 23.4 Å². The standard InChI is InChI=1S/C26H25ClN2O4S2/c1-17(19-9-13-23(14-10-19)35(2,32)33)28-25(31)20-5-7-21(8-6-20)26-29(24(30)16-34-26)15-18-3-11-22(27)12-4-18/h3-14,17,26H,15-16H2,1-2H3,(H,28,31)/t17-,26+/m0/s1. The van der Waals surface area contributed by atoms with Gasteiger partial charge >= 0.3 is 0 Å². The normalized spacial score (nSPS) is 16.8. The lowest BCUT2D eigenvalue weighted by molar-refractivity contribution is -0.128. The molecule has 1 aliphatic rings. The fraction of sp³-hybridized carbons (Fsp3) is 0.231. The fourth-order valence-corrected chi connectivity index (χ4v) is 5.80. The van der Waals surface area contributed by atoms with Gasteiger partial charge in [-0.15, -0.1) is 11.8 Å². The van der Waals surface area contributed by atoms with Crippen LogP contribution in [-0.2, 0) is 21.2 Å². The number of halogens is 1. The van der Waals surface area contributed by atoms with Gasteiger partial charge in [0.1, 0.15) is 5.37 Å². The molecule has 2 amide bonds. The number of benzene rings is 3. The lowest BCUT2D eigenvalue weighted by Crippen LogP contribution is -2.28. The zero-order valence-corrected chi connectivity index (χ0v) is 21.7. The van der Waals surface area contributed by atoms with E-state index in [1.807, 2.05) is 48.2 Å². The van der Waals surface area contributed by atoms with Crippen LogP contribution in [0.25, 0.3) is 0 Å². The van der Waals surface area contributed by atoms with Gasteiger partial charge in [-0.25, -0.2) is 8.42 Å². The molecule has 3 aromatic carbocycles. The highest BCUT2D eigenvalue weighted by molar-refractivity contribution is 8.00. The van der Waals surface area contributed by atoms with Gasteiger partial charge in [-0.1, -0.05) is 48.0 Å². The maximum atomic E-state index is 12.8. The van der Waals surface area contributed by atoms with Gasteiger partial charge in [-0.3, -0.25) is 9.59 Å². The zero-order valence-electron chi connectivity index (χ0n) is 19.3. The third kappa shape index (κ3) is 6.07. The molecular weight excluding hydrogens is 504 g/mol. The Morgan fingerprint density at radius 3 is 2.29 bits per heavy atom. The Kier molecular flexibility index (Phi) is 7.54. The van der Waals surface area contributed by atoms with Crippen molar-refractivity contribution < 1.29 is 18.0 Å². The average molecular weight is 529 g/mol. The summed E-state index contributed by atoms with van der Waals surface area (Å²) < 4.78 is 23.3. The van der Waals surface area contributed by atoms with Crippen LogP contribution in [0.2, 0.25) is 5.02 Å². The quantitative estimate of drug-likeness (QED) is 0.466. The number of nitrogens with one attached hydrogen (secondary N) is 1. The molecule has 0 unspecified atom stereocenters. The van der Waals surface area contributed by atoms with E-state index in [0.29, 0.717) is 22.9 Å². The van der Waals surface area contributed by atoms with Crippen LogP contribution in [0.15, 0.2) is 77.7 Å². The van der Waals surface area contributed by atoms with E-state index in [0.717, 1.165) is 22.9 Å². The number of hydrogen-bond acceptors (Lipinski definition) is 5. The Balaban J connectivity index is 1.42. The Bertz CT molecular complexity index is 1330. The molecule has 0 aliphatic carbocycles. The molecule has 182 valence electrons. The second kappa shape index (κ2) is 10.4. The Labute approximate surface area is 214 Å². The summed E-state index contributed by atoms with van der Waals surface area (Å²) >= 11 is 7.54. The van der Waals surface area contributed by atoms with E-state index in [1.54, 1.807) is 48.2 Å². The Morgan fingerprint density at radius 2 is 1.69 bits per heavy atom. The van der Waals surface area contributed by atoms with Crippen LogP contribution in [0, 0.1) is 0 Å². The van der Waals surface area contributed by atoms with Gasteiger partial charge < -0.3 is 10.2 Å². The first kappa shape index (κ1) is 25.3. The first-order chi connectivity index (χ1) is 16.6.